The lowest BCUT2D eigenvalue weighted by Crippen LogP contribution is -2.46. The van der Waals surface area contributed by atoms with E-state index in [1.807, 2.05) is 30.3 Å². The van der Waals surface area contributed by atoms with Crippen LogP contribution >= 0.6 is 0 Å². The van der Waals surface area contributed by atoms with Crippen LogP contribution in [0.1, 0.15) is 44.2 Å². The van der Waals surface area contributed by atoms with Crippen LogP contribution in [0, 0.1) is 10.1 Å². The molecule has 38 heavy (non-hydrogen) atoms. The van der Waals surface area contributed by atoms with Gasteiger partial charge in [-0.25, -0.2) is 9.59 Å². The lowest BCUT2D eigenvalue weighted by atomic mass is 9.62. The number of nitro groups is 1. The van der Waals surface area contributed by atoms with Gasteiger partial charge in [0.15, 0.2) is 0 Å². The van der Waals surface area contributed by atoms with Gasteiger partial charge in [0.25, 0.3) is 5.69 Å². The summed E-state index contributed by atoms with van der Waals surface area (Å²) in [7, 11) is 1.63. The highest BCUT2D eigenvalue weighted by Crippen LogP contribution is 2.51. The second-order valence-electron chi connectivity index (χ2n) is 9.75. The number of rotatable bonds is 8. The molecule has 1 atom stereocenters. The molecule has 0 spiro atoms. The number of carboxylic acid groups (broad SMARTS) is 2. The van der Waals surface area contributed by atoms with Crippen molar-refractivity contribution in [1.82, 2.24) is 10.2 Å². The van der Waals surface area contributed by atoms with Crippen LogP contribution in [0.5, 0.6) is 0 Å². The summed E-state index contributed by atoms with van der Waals surface area (Å²) in [6, 6.07) is 15.6. The number of carboxylic acids is 2. The molecular formula is C29H31N3O6. The number of benzene rings is 2. The molecule has 2 aromatic carbocycles. The summed E-state index contributed by atoms with van der Waals surface area (Å²) >= 11 is 0. The molecule has 0 radical (unpaired) electrons. The van der Waals surface area contributed by atoms with Gasteiger partial charge in [0.2, 0.25) is 0 Å². The predicted octanol–water partition coefficient (Wildman–Crippen LogP) is 4.72. The van der Waals surface area contributed by atoms with Crippen molar-refractivity contribution >= 4 is 23.2 Å². The van der Waals surface area contributed by atoms with E-state index in [4.69, 9.17) is 0 Å². The zero-order chi connectivity index (χ0) is 27.6. The van der Waals surface area contributed by atoms with Gasteiger partial charge < -0.3 is 20.4 Å². The number of hydrogen-bond donors (Lipinski definition) is 3. The largest absolute Gasteiger partial charge is 0.478 e. The van der Waals surface area contributed by atoms with Crippen molar-refractivity contribution in [2.75, 3.05) is 13.6 Å². The van der Waals surface area contributed by atoms with E-state index in [0.717, 1.165) is 11.1 Å². The van der Waals surface area contributed by atoms with Gasteiger partial charge in [-0.2, -0.15) is 0 Å². The smallest absolute Gasteiger partial charge is 0.334 e. The third kappa shape index (κ3) is 4.72. The number of carbonyl (C=O) groups is 2. The Hall–Kier alpha value is -4.24. The monoisotopic (exact) mass is 517 g/mol. The van der Waals surface area contributed by atoms with E-state index in [-0.39, 0.29) is 34.9 Å². The average molecular weight is 518 g/mol. The summed E-state index contributed by atoms with van der Waals surface area (Å²) in [5.74, 6) is -2.51. The molecule has 2 aliphatic rings. The van der Waals surface area contributed by atoms with Gasteiger partial charge >= 0.3 is 11.9 Å². The summed E-state index contributed by atoms with van der Waals surface area (Å²) < 4.78 is 0. The second-order valence-corrected chi connectivity index (χ2v) is 9.75. The Bertz CT molecular complexity index is 1340. The van der Waals surface area contributed by atoms with E-state index < -0.39 is 22.3 Å². The average Bonchev–Trinajstić information content (AvgIpc) is 2.90. The number of hydrogen-bond acceptors (Lipinski definition) is 6. The fraction of sp³-hybridized carbons (Fsp3) is 0.310. The summed E-state index contributed by atoms with van der Waals surface area (Å²) in [4.78, 5) is 38.3. The fourth-order valence-corrected chi connectivity index (χ4v) is 5.82. The Morgan fingerprint density at radius 2 is 1.68 bits per heavy atom. The summed E-state index contributed by atoms with van der Waals surface area (Å²) in [5.41, 5.74) is 1.35. The standard InChI is InChI=1S/C29H31N3O6/c1-18-25(27(33)34)29(26(28(35)36)19(2)31(18)3,22-10-7-11-24(17-22)32(37)38)14-12-23-16-21(13-15-30-23)20-8-5-4-6-9-20/h4-11,13,17,23,30H,12,14-16H2,1-3H3,(H,33,34)(H,35,36). The first-order chi connectivity index (χ1) is 18.1. The van der Waals surface area contributed by atoms with Crippen molar-refractivity contribution in [3.05, 3.63) is 104 Å². The van der Waals surface area contributed by atoms with Crippen molar-refractivity contribution in [2.45, 2.75) is 44.6 Å². The quantitative estimate of drug-likeness (QED) is 0.338. The number of nitro benzene ring substituents is 1. The Kier molecular flexibility index (Phi) is 7.50. The summed E-state index contributed by atoms with van der Waals surface area (Å²) in [6.07, 6.45) is 3.40. The molecule has 9 heteroatoms. The molecule has 2 aromatic rings. The topological polar surface area (TPSA) is 133 Å². The predicted molar refractivity (Wildman–Crippen MR) is 143 cm³/mol. The Morgan fingerprint density at radius 1 is 1.05 bits per heavy atom. The molecular weight excluding hydrogens is 486 g/mol. The lowest BCUT2D eigenvalue weighted by molar-refractivity contribution is -0.385. The molecule has 198 valence electrons. The number of aliphatic carboxylic acids is 2. The van der Waals surface area contributed by atoms with E-state index in [0.29, 0.717) is 30.8 Å². The minimum absolute atomic E-state index is 0.0452. The molecule has 3 N–H and O–H groups in total. The number of non-ortho nitro benzene ring substituents is 1. The third-order valence-corrected chi connectivity index (χ3v) is 7.79. The van der Waals surface area contributed by atoms with Crippen LogP contribution in [0.25, 0.3) is 5.57 Å². The zero-order valence-corrected chi connectivity index (χ0v) is 21.6. The first-order valence-corrected chi connectivity index (χ1v) is 12.4. The maximum absolute atomic E-state index is 12.8. The number of nitrogens with zero attached hydrogens (tertiary/aromatic N) is 2. The van der Waals surface area contributed by atoms with Crippen LogP contribution in [-0.2, 0) is 15.0 Å². The minimum atomic E-state index is -1.60. The van der Waals surface area contributed by atoms with E-state index in [9.17, 15) is 29.9 Å². The normalized spacial score (nSPS) is 19.3. The third-order valence-electron chi connectivity index (χ3n) is 7.79. The highest BCUT2D eigenvalue weighted by Gasteiger charge is 2.51. The van der Waals surface area contributed by atoms with E-state index in [1.165, 1.54) is 18.2 Å². The fourth-order valence-electron chi connectivity index (χ4n) is 5.82. The molecule has 2 heterocycles. The number of nitrogens with one attached hydrogen (secondary N) is 1. The molecule has 0 saturated carbocycles. The van der Waals surface area contributed by atoms with Gasteiger partial charge in [0, 0.05) is 43.2 Å². The van der Waals surface area contributed by atoms with Crippen molar-refractivity contribution in [3.8, 4) is 0 Å². The van der Waals surface area contributed by atoms with Crippen LogP contribution in [0.4, 0.5) is 5.69 Å². The molecule has 0 bridgehead atoms. The van der Waals surface area contributed by atoms with Gasteiger partial charge in [-0.15, -0.1) is 0 Å². The highest BCUT2D eigenvalue weighted by molar-refractivity contribution is 6.00. The first kappa shape index (κ1) is 26.8. The molecule has 0 amide bonds. The molecule has 4 rings (SSSR count). The van der Waals surface area contributed by atoms with Gasteiger partial charge in [-0.1, -0.05) is 48.5 Å². The molecule has 2 aliphatic heterocycles. The van der Waals surface area contributed by atoms with Crippen molar-refractivity contribution in [3.63, 3.8) is 0 Å². The van der Waals surface area contributed by atoms with Crippen molar-refractivity contribution in [2.24, 2.45) is 0 Å². The molecule has 9 nitrogen and oxygen atoms in total. The van der Waals surface area contributed by atoms with Gasteiger partial charge in [-0.05, 0) is 49.8 Å². The van der Waals surface area contributed by atoms with Crippen LogP contribution in [0.3, 0.4) is 0 Å². The highest BCUT2D eigenvalue weighted by atomic mass is 16.6. The van der Waals surface area contributed by atoms with Gasteiger partial charge in [0.1, 0.15) is 0 Å². The van der Waals surface area contributed by atoms with Crippen LogP contribution < -0.4 is 5.32 Å². The van der Waals surface area contributed by atoms with E-state index in [1.54, 1.807) is 31.9 Å². The van der Waals surface area contributed by atoms with E-state index in [2.05, 4.69) is 11.4 Å². The summed E-state index contributed by atoms with van der Waals surface area (Å²) in [5, 5.41) is 36.0. The Morgan fingerprint density at radius 3 is 2.26 bits per heavy atom. The maximum atomic E-state index is 12.8. The lowest BCUT2D eigenvalue weighted by Gasteiger charge is -2.44. The Labute approximate surface area is 220 Å². The Balaban J connectivity index is 1.84. The van der Waals surface area contributed by atoms with Crippen LogP contribution in [0.15, 0.2) is 83.2 Å². The number of allylic oxidation sites excluding steroid dienone is 2. The molecule has 0 saturated heterocycles. The van der Waals surface area contributed by atoms with E-state index >= 15 is 0 Å². The van der Waals surface area contributed by atoms with Crippen molar-refractivity contribution in [1.29, 1.82) is 0 Å². The summed E-state index contributed by atoms with van der Waals surface area (Å²) in [6.45, 7) is 3.92. The SMILES string of the molecule is CC1=C(C(=O)O)C(CCC2CC(c3ccccc3)=CCN2)(c2cccc([N+](=O)[O-])c2)C(C(=O)O)=C(C)N1C. The molecule has 0 aliphatic carbocycles. The second kappa shape index (κ2) is 10.6. The van der Waals surface area contributed by atoms with Crippen LogP contribution in [0.2, 0.25) is 0 Å². The minimum Gasteiger partial charge on any atom is -0.478 e. The first-order valence-electron chi connectivity index (χ1n) is 12.4. The molecule has 0 aromatic heterocycles. The maximum Gasteiger partial charge on any atom is 0.334 e. The zero-order valence-electron chi connectivity index (χ0n) is 21.6. The van der Waals surface area contributed by atoms with Crippen LogP contribution in [-0.4, -0.2) is 51.6 Å². The van der Waals surface area contributed by atoms with Crippen molar-refractivity contribution < 1.29 is 24.7 Å². The van der Waals surface area contributed by atoms with Gasteiger partial charge in [0.05, 0.1) is 21.5 Å². The molecule has 0 fully saturated rings. The van der Waals surface area contributed by atoms with Gasteiger partial charge in [-0.3, -0.25) is 10.1 Å². The molecule has 1 unspecified atom stereocenters.